The van der Waals surface area contributed by atoms with Gasteiger partial charge >= 0.3 is 0 Å². The Morgan fingerprint density at radius 3 is 2.80 bits per heavy atom. The molecule has 0 atom stereocenters. The highest BCUT2D eigenvalue weighted by molar-refractivity contribution is 6.43. The minimum absolute atomic E-state index is 0.108. The second-order valence-corrected chi connectivity index (χ2v) is 6.63. The molecule has 0 aliphatic carbocycles. The maximum atomic E-state index is 13.9. The smallest absolute Gasteiger partial charge is 0.248 e. The summed E-state index contributed by atoms with van der Waals surface area (Å²) < 4.78 is 33.7. The molecule has 0 amide bonds. The second-order valence-electron chi connectivity index (χ2n) is 5.85. The SMILES string of the molecule is Fc1cc(F)c(Oc2ncccc2CNc2nnnn2-c2cccc(Cl)c2Cl)cn1. The van der Waals surface area contributed by atoms with Crippen LogP contribution in [-0.4, -0.2) is 30.2 Å². The Morgan fingerprint density at radius 1 is 1.10 bits per heavy atom. The first-order valence-corrected chi connectivity index (χ1v) is 9.18. The highest BCUT2D eigenvalue weighted by Gasteiger charge is 2.15. The molecule has 0 aliphatic rings. The number of nitrogens with zero attached hydrogens (tertiary/aromatic N) is 6. The molecule has 30 heavy (non-hydrogen) atoms. The van der Waals surface area contributed by atoms with Crippen molar-refractivity contribution in [1.29, 1.82) is 0 Å². The number of rotatable bonds is 6. The van der Waals surface area contributed by atoms with Crippen LogP contribution in [0.3, 0.4) is 0 Å². The molecule has 0 bridgehead atoms. The molecular weight excluding hydrogens is 439 g/mol. The molecule has 0 saturated carbocycles. The number of hydrogen-bond donors (Lipinski definition) is 1. The van der Waals surface area contributed by atoms with Gasteiger partial charge in [0.15, 0.2) is 11.6 Å². The maximum Gasteiger partial charge on any atom is 0.248 e. The summed E-state index contributed by atoms with van der Waals surface area (Å²) in [5.41, 5.74) is 1.05. The molecule has 0 aliphatic heterocycles. The van der Waals surface area contributed by atoms with Crippen LogP contribution in [0.15, 0.2) is 48.8 Å². The van der Waals surface area contributed by atoms with Gasteiger partial charge in [0.2, 0.25) is 17.8 Å². The van der Waals surface area contributed by atoms with Gasteiger partial charge in [-0.2, -0.15) is 9.07 Å². The number of tetrazole rings is 1. The second kappa shape index (κ2) is 8.56. The molecule has 8 nitrogen and oxygen atoms in total. The summed E-state index contributed by atoms with van der Waals surface area (Å²) in [7, 11) is 0. The van der Waals surface area contributed by atoms with Gasteiger partial charge in [-0.3, -0.25) is 0 Å². The minimum atomic E-state index is -0.950. The van der Waals surface area contributed by atoms with E-state index in [-0.39, 0.29) is 24.1 Å². The van der Waals surface area contributed by atoms with Crippen molar-refractivity contribution in [1.82, 2.24) is 30.2 Å². The number of benzene rings is 1. The molecule has 3 aromatic heterocycles. The molecule has 4 rings (SSSR count). The number of nitrogens with one attached hydrogen (secondary N) is 1. The summed E-state index contributed by atoms with van der Waals surface area (Å²) in [6.45, 7) is 0.179. The average molecular weight is 450 g/mol. The van der Waals surface area contributed by atoms with E-state index in [9.17, 15) is 8.78 Å². The number of ether oxygens (including phenoxy) is 1. The van der Waals surface area contributed by atoms with E-state index < -0.39 is 11.8 Å². The van der Waals surface area contributed by atoms with Gasteiger partial charge in [0.25, 0.3) is 0 Å². The summed E-state index contributed by atoms with van der Waals surface area (Å²) in [5.74, 6) is -1.71. The zero-order chi connectivity index (χ0) is 21.1. The Labute approximate surface area is 178 Å². The zero-order valence-corrected chi connectivity index (χ0v) is 16.4. The molecule has 3 heterocycles. The van der Waals surface area contributed by atoms with Gasteiger partial charge in [0.1, 0.15) is 0 Å². The van der Waals surface area contributed by atoms with E-state index in [0.717, 1.165) is 6.20 Å². The van der Waals surface area contributed by atoms with E-state index in [1.165, 1.54) is 10.9 Å². The van der Waals surface area contributed by atoms with Crippen LogP contribution < -0.4 is 10.1 Å². The van der Waals surface area contributed by atoms with Crippen LogP contribution in [0.1, 0.15) is 5.56 Å². The molecule has 0 spiro atoms. The van der Waals surface area contributed by atoms with Crippen LogP contribution in [0.5, 0.6) is 11.6 Å². The summed E-state index contributed by atoms with van der Waals surface area (Å²) in [6, 6.07) is 9.09. The summed E-state index contributed by atoms with van der Waals surface area (Å²) in [5, 5.41) is 15.2. The number of anilines is 1. The fraction of sp³-hybridized carbons (Fsp3) is 0.0556. The van der Waals surface area contributed by atoms with Crippen LogP contribution >= 0.6 is 23.2 Å². The van der Waals surface area contributed by atoms with Gasteiger partial charge in [0.05, 0.1) is 21.9 Å². The number of hydrogen-bond acceptors (Lipinski definition) is 7. The van der Waals surface area contributed by atoms with E-state index in [2.05, 4.69) is 30.8 Å². The van der Waals surface area contributed by atoms with E-state index in [1.807, 2.05) is 0 Å². The van der Waals surface area contributed by atoms with Crippen molar-refractivity contribution in [3.05, 3.63) is 76.2 Å². The zero-order valence-electron chi connectivity index (χ0n) is 14.9. The molecule has 0 unspecified atom stereocenters. The Balaban J connectivity index is 1.56. The van der Waals surface area contributed by atoms with Crippen molar-refractivity contribution in [2.45, 2.75) is 6.54 Å². The number of aromatic nitrogens is 6. The van der Waals surface area contributed by atoms with Crippen molar-refractivity contribution >= 4 is 29.2 Å². The monoisotopic (exact) mass is 449 g/mol. The van der Waals surface area contributed by atoms with Gasteiger partial charge < -0.3 is 10.1 Å². The standard InChI is InChI=1S/C18H11Cl2F2N7O/c19-11-4-1-5-13(16(11)20)29-18(26-27-28-29)25-8-10-3-2-6-23-17(10)30-14-9-24-15(22)7-12(14)21/h1-7,9H,8H2,(H,25,26,28). The molecule has 0 fully saturated rings. The van der Waals surface area contributed by atoms with Crippen molar-refractivity contribution in [2.75, 3.05) is 5.32 Å². The van der Waals surface area contributed by atoms with E-state index in [0.29, 0.717) is 27.4 Å². The lowest BCUT2D eigenvalue weighted by atomic mass is 10.2. The molecule has 0 radical (unpaired) electrons. The highest BCUT2D eigenvalue weighted by atomic mass is 35.5. The summed E-state index contributed by atoms with van der Waals surface area (Å²) in [6.07, 6.45) is 2.42. The first kappa shape index (κ1) is 19.9. The third-order valence-corrected chi connectivity index (χ3v) is 4.72. The quantitative estimate of drug-likeness (QED) is 0.435. The number of pyridine rings is 2. The van der Waals surface area contributed by atoms with E-state index in [4.69, 9.17) is 27.9 Å². The van der Waals surface area contributed by atoms with Crippen molar-refractivity contribution in [3.63, 3.8) is 0 Å². The summed E-state index contributed by atoms with van der Waals surface area (Å²) in [4.78, 5) is 7.48. The van der Waals surface area contributed by atoms with E-state index >= 15 is 0 Å². The lowest BCUT2D eigenvalue weighted by molar-refractivity contribution is 0.413. The molecule has 4 aromatic rings. The average Bonchev–Trinajstić information content (AvgIpc) is 3.20. The topological polar surface area (TPSA) is 90.6 Å². The maximum absolute atomic E-state index is 13.9. The Hall–Kier alpha value is -3.37. The Kier molecular flexibility index (Phi) is 5.68. The van der Waals surface area contributed by atoms with Gasteiger partial charge in [-0.1, -0.05) is 40.4 Å². The number of halogens is 4. The van der Waals surface area contributed by atoms with Crippen LogP contribution in [0.2, 0.25) is 10.0 Å². The predicted molar refractivity (Wildman–Crippen MR) is 105 cm³/mol. The van der Waals surface area contributed by atoms with Gasteiger partial charge in [-0.25, -0.2) is 14.4 Å². The molecular formula is C18H11Cl2F2N7O. The third-order valence-electron chi connectivity index (χ3n) is 3.91. The minimum Gasteiger partial charge on any atom is -0.434 e. The lowest BCUT2D eigenvalue weighted by Crippen LogP contribution is -2.09. The van der Waals surface area contributed by atoms with Crippen molar-refractivity contribution in [3.8, 4) is 17.3 Å². The van der Waals surface area contributed by atoms with Crippen LogP contribution in [0.25, 0.3) is 5.69 Å². The Bertz CT molecular complexity index is 1200. The van der Waals surface area contributed by atoms with Gasteiger partial charge in [-0.05, 0) is 28.6 Å². The van der Waals surface area contributed by atoms with Crippen molar-refractivity contribution < 1.29 is 13.5 Å². The van der Waals surface area contributed by atoms with Gasteiger partial charge in [0, 0.05) is 24.4 Å². The van der Waals surface area contributed by atoms with Crippen LogP contribution in [0, 0.1) is 11.8 Å². The first-order valence-electron chi connectivity index (χ1n) is 8.42. The fourth-order valence-electron chi connectivity index (χ4n) is 2.51. The Morgan fingerprint density at radius 2 is 1.97 bits per heavy atom. The molecule has 1 aromatic carbocycles. The van der Waals surface area contributed by atoms with Crippen molar-refractivity contribution in [2.24, 2.45) is 0 Å². The highest BCUT2D eigenvalue weighted by Crippen LogP contribution is 2.30. The normalized spacial score (nSPS) is 10.8. The molecule has 1 N–H and O–H groups in total. The summed E-state index contributed by atoms with van der Waals surface area (Å²) >= 11 is 12.3. The molecule has 12 heteroatoms. The largest absolute Gasteiger partial charge is 0.434 e. The van der Waals surface area contributed by atoms with E-state index in [1.54, 1.807) is 30.3 Å². The molecule has 0 saturated heterocycles. The molecule has 152 valence electrons. The van der Waals surface area contributed by atoms with Gasteiger partial charge in [-0.15, -0.1) is 0 Å². The van der Waals surface area contributed by atoms with Crippen LogP contribution in [-0.2, 0) is 6.54 Å². The fourth-order valence-corrected chi connectivity index (χ4v) is 2.89. The first-order chi connectivity index (χ1) is 14.5. The van der Waals surface area contributed by atoms with Crippen LogP contribution in [0.4, 0.5) is 14.7 Å². The predicted octanol–water partition coefficient (Wildman–Crippen LogP) is 4.44. The lowest BCUT2D eigenvalue weighted by Gasteiger charge is -2.12. The third kappa shape index (κ3) is 4.14.